The minimum absolute atomic E-state index is 0.136. The Hall–Kier alpha value is -3.90. The first kappa shape index (κ1) is 23.8. The summed E-state index contributed by atoms with van der Waals surface area (Å²) in [6, 6.07) is 18.2. The van der Waals surface area contributed by atoms with Crippen molar-refractivity contribution in [3.8, 4) is 28.8 Å². The Labute approximate surface area is 210 Å². The Balaban J connectivity index is 1.23. The van der Waals surface area contributed by atoms with Gasteiger partial charge in [-0.05, 0) is 67.5 Å². The number of hydrogen-bond donors (Lipinski definition) is 2. The third kappa shape index (κ3) is 5.50. The number of thiol groups is 1. The molecule has 1 N–H and O–H groups in total. The van der Waals surface area contributed by atoms with Gasteiger partial charge in [0.15, 0.2) is 10.7 Å². The van der Waals surface area contributed by atoms with Crippen LogP contribution in [-0.2, 0) is 17.3 Å². The molecule has 2 aliphatic carbocycles. The Kier molecular flexibility index (Phi) is 6.61. The number of rotatable bonds is 10. The second kappa shape index (κ2) is 9.99. The van der Waals surface area contributed by atoms with E-state index in [-0.39, 0.29) is 12.2 Å². The van der Waals surface area contributed by atoms with E-state index in [0.717, 1.165) is 11.1 Å². The van der Waals surface area contributed by atoms with E-state index in [1.54, 1.807) is 18.3 Å². The highest BCUT2D eigenvalue weighted by Gasteiger charge is 2.48. The first-order valence-electron chi connectivity index (χ1n) is 11.8. The van der Waals surface area contributed by atoms with Gasteiger partial charge in [-0.2, -0.15) is 5.26 Å². The van der Waals surface area contributed by atoms with E-state index in [1.165, 1.54) is 18.9 Å². The second-order valence-electron chi connectivity index (χ2n) is 9.18. The van der Waals surface area contributed by atoms with E-state index in [9.17, 15) is 18.5 Å². The molecule has 9 heteroatoms. The van der Waals surface area contributed by atoms with Crippen LogP contribution in [0.4, 0.5) is 0 Å². The zero-order valence-corrected chi connectivity index (χ0v) is 20.4. The lowest BCUT2D eigenvalue weighted by Gasteiger charge is -2.13. The van der Waals surface area contributed by atoms with Gasteiger partial charge in [-0.1, -0.05) is 18.2 Å². The van der Waals surface area contributed by atoms with Crippen LogP contribution in [0.15, 0.2) is 60.8 Å². The van der Waals surface area contributed by atoms with Gasteiger partial charge in [-0.3, -0.25) is 4.79 Å². The molecule has 0 spiro atoms. The topological polar surface area (TPSA) is 118 Å². The standard InChI is InChI=1S/C27H25N3O5S/c28-14-23-12-20(26(31)30-27(10-11-27)36(32)33)6-7-22(23)17-34-24-3-1-2-19(13-24)21-8-9-25(29-15-21)35-16-18-4-5-18/h1-3,6-9,12-13,15,18,36H,4-5,10-11,16-17H2,(H,30,31). The third-order valence-corrected chi connectivity index (χ3v) is 7.63. The van der Waals surface area contributed by atoms with Gasteiger partial charge < -0.3 is 14.8 Å². The summed E-state index contributed by atoms with van der Waals surface area (Å²) in [5, 5.41) is 12.2. The molecule has 0 bridgehead atoms. The molecule has 0 atom stereocenters. The molecule has 0 radical (unpaired) electrons. The highest BCUT2D eigenvalue weighted by Crippen LogP contribution is 2.36. The quantitative estimate of drug-likeness (QED) is 0.404. The van der Waals surface area contributed by atoms with E-state index in [0.29, 0.717) is 48.1 Å². The number of aromatic nitrogens is 1. The van der Waals surface area contributed by atoms with Crippen LogP contribution in [0.3, 0.4) is 0 Å². The van der Waals surface area contributed by atoms with Gasteiger partial charge in [0.05, 0.1) is 18.2 Å². The Morgan fingerprint density at radius 3 is 2.58 bits per heavy atom. The molecular formula is C27H25N3O5S. The maximum Gasteiger partial charge on any atom is 0.252 e. The van der Waals surface area contributed by atoms with E-state index < -0.39 is 21.5 Å². The number of hydrogen-bond acceptors (Lipinski definition) is 7. The van der Waals surface area contributed by atoms with E-state index in [2.05, 4.69) is 16.4 Å². The van der Waals surface area contributed by atoms with Crippen LogP contribution in [0, 0.1) is 17.2 Å². The monoisotopic (exact) mass is 503 g/mol. The van der Waals surface area contributed by atoms with Crippen molar-refractivity contribution in [2.24, 2.45) is 5.92 Å². The van der Waals surface area contributed by atoms with Gasteiger partial charge >= 0.3 is 0 Å². The summed E-state index contributed by atoms with van der Waals surface area (Å²) in [5.74, 6) is 1.40. The van der Waals surface area contributed by atoms with Crippen LogP contribution < -0.4 is 14.8 Å². The molecule has 0 saturated heterocycles. The SMILES string of the molecule is N#Cc1cc(C(=O)NC2([SH](=O)=O)CC2)ccc1COc1cccc(-c2ccc(OCC3CC3)nc2)c1. The van der Waals surface area contributed by atoms with Crippen LogP contribution in [0.5, 0.6) is 11.6 Å². The van der Waals surface area contributed by atoms with Crippen molar-refractivity contribution in [1.82, 2.24) is 10.3 Å². The molecule has 1 heterocycles. The smallest absolute Gasteiger partial charge is 0.252 e. The number of ether oxygens (including phenoxy) is 2. The minimum atomic E-state index is -2.76. The number of nitrogens with zero attached hydrogens (tertiary/aromatic N) is 2. The molecule has 184 valence electrons. The lowest BCUT2D eigenvalue weighted by Crippen LogP contribution is -2.37. The molecule has 2 aliphatic rings. The number of carbonyl (C=O) groups excluding carboxylic acids is 1. The maximum atomic E-state index is 12.5. The van der Waals surface area contributed by atoms with Crippen molar-refractivity contribution in [2.75, 3.05) is 6.61 Å². The number of pyridine rings is 1. The molecule has 2 aromatic carbocycles. The molecule has 5 rings (SSSR count). The summed E-state index contributed by atoms with van der Waals surface area (Å²) >= 11 is 0. The van der Waals surface area contributed by atoms with Crippen LogP contribution >= 0.6 is 0 Å². The van der Waals surface area contributed by atoms with Crippen molar-refractivity contribution in [2.45, 2.75) is 37.2 Å². The second-order valence-corrected chi connectivity index (χ2v) is 10.6. The molecule has 1 amide bonds. The number of amides is 1. The predicted molar refractivity (Wildman–Crippen MR) is 133 cm³/mol. The van der Waals surface area contributed by atoms with Crippen molar-refractivity contribution in [3.05, 3.63) is 77.5 Å². The van der Waals surface area contributed by atoms with Crippen molar-refractivity contribution in [1.29, 1.82) is 5.26 Å². The molecule has 1 aromatic heterocycles. The largest absolute Gasteiger partial charge is 0.489 e. The molecule has 3 aromatic rings. The molecule has 2 fully saturated rings. The fourth-order valence-corrected chi connectivity index (χ4v) is 4.42. The fraction of sp³-hybridized carbons (Fsp3) is 0.296. The summed E-state index contributed by atoms with van der Waals surface area (Å²) in [6.07, 6.45) is 5.04. The fourth-order valence-electron chi connectivity index (χ4n) is 3.75. The van der Waals surface area contributed by atoms with Gasteiger partial charge in [0.25, 0.3) is 5.91 Å². The lowest BCUT2D eigenvalue weighted by molar-refractivity contribution is 0.0945. The minimum Gasteiger partial charge on any atom is -0.489 e. The Morgan fingerprint density at radius 1 is 1.08 bits per heavy atom. The Bertz CT molecular complexity index is 1400. The average Bonchev–Trinajstić information content (AvgIpc) is 3.83. The number of nitrogens with one attached hydrogen (secondary N) is 1. The molecule has 0 unspecified atom stereocenters. The zero-order chi connectivity index (χ0) is 25.1. The molecule has 36 heavy (non-hydrogen) atoms. The third-order valence-electron chi connectivity index (χ3n) is 6.37. The van der Waals surface area contributed by atoms with Gasteiger partial charge in [0, 0.05) is 29.0 Å². The highest BCUT2D eigenvalue weighted by molar-refractivity contribution is 7.74. The molecule has 0 aliphatic heterocycles. The average molecular weight is 504 g/mol. The summed E-state index contributed by atoms with van der Waals surface area (Å²) in [6.45, 7) is 0.852. The first-order valence-corrected chi connectivity index (χ1v) is 13.0. The predicted octanol–water partition coefficient (Wildman–Crippen LogP) is 3.82. The number of benzene rings is 2. The lowest BCUT2D eigenvalue weighted by atomic mass is 10.0. The van der Waals surface area contributed by atoms with Crippen LogP contribution in [-0.4, -0.2) is 30.8 Å². The molecule has 2 saturated carbocycles. The molecular weight excluding hydrogens is 478 g/mol. The van der Waals surface area contributed by atoms with Crippen molar-refractivity contribution in [3.63, 3.8) is 0 Å². The van der Waals surface area contributed by atoms with E-state index in [1.807, 2.05) is 36.4 Å². The maximum absolute atomic E-state index is 12.5. The normalized spacial score (nSPS) is 15.7. The van der Waals surface area contributed by atoms with Crippen LogP contribution in [0.25, 0.3) is 11.1 Å². The van der Waals surface area contributed by atoms with Gasteiger partial charge in [0.2, 0.25) is 5.88 Å². The van der Waals surface area contributed by atoms with Crippen LogP contribution in [0.2, 0.25) is 0 Å². The highest BCUT2D eigenvalue weighted by atomic mass is 32.2. The van der Waals surface area contributed by atoms with Gasteiger partial charge in [-0.25, -0.2) is 13.4 Å². The first-order chi connectivity index (χ1) is 17.5. The van der Waals surface area contributed by atoms with Crippen molar-refractivity contribution < 1.29 is 22.7 Å². The number of carbonyl (C=O) groups is 1. The zero-order valence-electron chi connectivity index (χ0n) is 19.5. The summed E-state index contributed by atoms with van der Waals surface area (Å²) < 4.78 is 34.4. The molecule has 8 nitrogen and oxygen atoms in total. The number of nitriles is 1. The van der Waals surface area contributed by atoms with Crippen LogP contribution in [0.1, 0.15) is 47.2 Å². The van der Waals surface area contributed by atoms with E-state index >= 15 is 0 Å². The summed E-state index contributed by atoms with van der Waals surface area (Å²) in [7, 11) is -2.76. The van der Waals surface area contributed by atoms with Gasteiger partial charge in [0.1, 0.15) is 17.2 Å². The Morgan fingerprint density at radius 2 is 1.92 bits per heavy atom. The van der Waals surface area contributed by atoms with Crippen molar-refractivity contribution >= 4 is 16.6 Å². The van der Waals surface area contributed by atoms with E-state index in [4.69, 9.17) is 9.47 Å². The van der Waals surface area contributed by atoms with Gasteiger partial charge in [-0.15, -0.1) is 0 Å². The summed E-state index contributed by atoms with van der Waals surface area (Å²) in [5.41, 5.74) is 3.01. The summed E-state index contributed by atoms with van der Waals surface area (Å²) in [4.78, 5) is 15.7.